The maximum Gasteiger partial charge on any atom is 0.123 e. The summed E-state index contributed by atoms with van der Waals surface area (Å²) >= 11 is 0. The number of hydrogen-bond acceptors (Lipinski definition) is 4. The molecule has 4 heteroatoms. The van der Waals surface area contributed by atoms with Gasteiger partial charge in [0.2, 0.25) is 0 Å². The number of methoxy groups -OCH3 is 1. The standard InChI is InChI=1S/C13H21NO3/c1-11-3-4-13(17-8-6-15)12(9-11)10-14-5-7-16-2/h3-4,9,14-15H,5-8,10H2,1-2H3. The van der Waals surface area contributed by atoms with Crippen molar-refractivity contribution in [1.29, 1.82) is 0 Å². The van der Waals surface area contributed by atoms with Crippen LogP contribution in [0.15, 0.2) is 18.2 Å². The topological polar surface area (TPSA) is 50.7 Å². The lowest BCUT2D eigenvalue weighted by molar-refractivity contribution is 0.196. The average Bonchev–Trinajstić information content (AvgIpc) is 2.33. The van der Waals surface area contributed by atoms with Crippen LogP contribution in [0, 0.1) is 6.92 Å². The molecule has 0 aliphatic heterocycles. The van der Waals surface area contributed by atoms with E-state index in [2.05, 4.69) is 18.3 Å². The number of ether oxygens (including phenoxy) is 2. The molecule has 0 radical (unpaired) electrons. The van der Waals surface area contributed by atoms with E-state index in [1.54, 1.807) is 7.11 Å². The third-order valence-electron chi connectivity index (χ3n) is 2.36. The van der Waals surface area contributed by atoms with Gasteiger partial charge < -0.3 is 19.9 Å². The molecule has 0 saturated heterocycles. The van der Waals surface area contributed by atoms with Crippen molar-refractivity contribution >= 4 is 0 Å². The fourth-order valence-corrected chi connectivity index (χ4v) is 1.54. The molecule has 1 rings (SSSR count). The van der Waals surface area contributed by atoms with Crippen molar-refractivity contribution < 1.29 is 14.6 Å². The minimum Gasteiger partial charge on any atom is -0.491 e. The molecule has 17 heavy (non-hydrogen) atoms. The molecule has 0 atom stereocenters. The van der Waals surface area contributed by atoms with Gasteiger partial charge in [-0.3, -0.25) is 0 Å². The maximum absolute atomic E-state index is 8.76. The third-order valence-corrected chi connectivity index (χ3v) is 2.36. The Morgan fingerprint density at radius 2 is 2.12 bits per heavy atom. The molecule has 4 nitrogen and oxygen atoms in total. The molecule has 0 unspecified atom stereocenters. The minimum absolute atomic E-state index is 0.0322. The summed E-state index contributed by atoms with van der Waals surface area (Å²) in [6, 6.07) is 6.04. The molecule has 0 fully saturated rings. The quantitative estimate of drug-likeness (QED) is 0.667. The molecule has 1 aromatic carbocycles. The third kappa shape index (κ3) is 5.17. The molecule has 1 aromatic rings. The van der Waals surface area contributed by atoms with Gasteiger partial charge in [0.15, 0.2) is 0 Å². The Bertz CT molecular complexity index is 328. The van der Waals surface area contributed by atoms with Crippen LogP contribution in [0.1, 0.15) is 11.1 Å². The highest BCUT2D eigenvalue weighted by atomic mass is 16.5. The van der Waals surface area contributed by atoms with Gasteiger partial charge >= 0.3 is 0 Å². The van der Waals surface area contributed by atoms with Crippen LogP contribution in [0.25, 0.3) is 0 Å². The molecule has 0 bridgehead atoms. The average molecular weight is 239 g/mol. The SMILES string of the molecule is COCCNCc1cc(C)ccc1OCCO. The van der Waals surface area contributed by atoms with E-state index in [0.29, 0.717) is 13.2 Å². The van der Waals surface area contributed by atoms with E-state index in [4.69, 9.17) is 14.6 Å². The Morgan fingerprint density at radius 3 is 2.82 bits per heavy atom. The molecule has 96 valence electrons. The zero-order valence-electron chi connectivity index (χ0n) is 10.5. The Balaban J connectivity index is 2.56. The van der Waals surface area contributed by atoms with E-state index in [-0.39, 0.29) is 6.61 Å². The number of aliphatic hydroxyl groups is 1. The second-order valence-electron chi connectivity index (χ2n) is 3.85. The van der Waals surface area contributed by atoms with Crippen molar-refractivity contribution in [3.05, 3.63) is 29.3 Å². The van der Waals surface area contributed by atoms with Gasteiger partial charge in [0.1, 0.15) is 12.4 Å². The van der Waals surface area contributed by atoms with Crippen LogP contribution >= 0.6 is 0 Å². The van der Waals surface area contributed by atoms with Crippen LogP contribution in [0.4, 0.5) is 0 Å². The number of hydrogen-bond donors (Lipinski definition) is 2. The van der Waals surface area contributed by atoms with Gasteiger partial charge in [-0.15, -0.1) is 0 Å². The number of benzene rings is 1. The number of aliphatic hydroxyl groups excluding tert-OH is 1. The summed E-state index contributed by atoms with van der Waals surface area (Å²) in [7, 11) is 1.68. The first-order chi connectivity index (χ1) is 8.27. The van der Waals surface area contributed by atoms with Crippen LogP contribution in [-0.2, 0) is 11.3 Å². The number of rotatable bonds is 8. The first kappa shape index (κ1) is 14.0. The Labute approximate surface area is 103 Å². The zero-order chi connectivity index (χ0) is 12.5. The van der Waals surface area contributed by atoms with Crippen molar-refractivity contribution in [3.63, 3.8) is 0 Å². The fraction of sp³-hybridized carbons (Fsp3) is 0.538. The molecule has 0 saturated carbocycles. The van der Waals surface area contributed by atoms with Crippen LogP contribution in [0.2, 0.25) is 0 Å². The van der Waals surface area contributed by atoms with Gasteiger partial charge in [-0.25, -0.2) is 0 Å². The van der Waals surface area contributed by atoms with Gasteiger partial charge in [-0.05, 0) is 13.0 Å². The van der Waals surface area contributed by atoms with Gasteiger partial charge in [0, 0.05) is 25.8 Å². The van der Waals surface area contributed by atoms with Gasteiger partial charge in [0.05, 0.1) is 13.2 Å². The minimum atomic E-state index is 0.0322. The number of aryl methyl sites for hydroxylation is 1. The Morgan fingerprint density at radius 1 is 1.29 bits per heavy atom. The van der Waals surface area contributed by atoms with Crippen molar-refractivity contribution in [2.75, 3.05) is 33.5 Å². The predicted octanol–water partition coefficient (Wildman–Crippen LogP) is 1.10. The van der Waals surface area contributed by atoms with Gasteiger partial charge in [0.25, 0.3) is 0 Å². The summed E-state index contributed by atoms with van der Waals surface area (Å²) in [6.07, 6.45) is 0. The Kier molecular flexibility index (Phi) is 6.62. The summed E-state index contributed by atoms with van der Waals surface area (Å²) < 4.78 is 10.4. The second kappa shape index (κ2) is 8.06. The molecule has 0 aromatic heterocycles. The van der Waals surface area contributed by atoms with Crippen LogP contribution in [0.3, 0.4) is 0 Å². The Hall–Kier alpha value is -1.10. The number of nitrogens with one attached hydrogen (secondary N) is 1. The summed E-state index contributed by atoms with van der Waals surface area (Å²) in [5.41, 5.74) is 2.31. The van der Waals surface area contributed by atoms with E-state index in [0.717, 1.165) is 24.4 Å². The van der Waals surface area contributed by atoms with Crippen molar-refractivity contribution in [3.8, 4) is 5.75 Å². The molecule has 0 spiro atoms. The molecule has 0 aliphatic carbocycles. The smallest absolute Gasteiger partial charge is 0.123 e. The molecule has 0 amide bonds. The van der Waals surface area contributed by atoms with Crippen molar-refractivity contribution in [2.24, 2.45) is 0 Å². The lowest BCUT2D eigenvalue weighted by Gasteiger charge is -2.12. The second-order valence-corrected chi connectivity index (χ2v) is 3.85. The van der Waals surface area contributed by atoms with E-state index < -0.39 is 0 Å². The van der Waals surface area contributed by atoms with Crippen molar-refractivity contribution in [1.82, 2.24) is 5.32 Å². The normalized spacial score (nSPS) is 10.5. The molecule has 0 aliphatic rings. The summed E-state index contributed by atoms with van der Waals surface area (Å²) in [5.74, 6) is 0.828. The summed E-state index contributed by atoms with van der Waals surface area (Å²) in [4.78, 5) is 0. The van der Waals surface area contributed by atoms with Crippen LogP contribution < -0.4 is 10.1 Å². The largest absolute Gasteiger partial charge is 0.491 e. The molecule has 2 N–H and O–H groups in total. The summed E-state index contributed by atoms with van der Waals surface area (Å²) in [5, 5.41) is 12.0. The lowest BCUT2D eigenvalue weighted by atomic mass is 10.1. The van der Waals surface area contributed by atoms with E-state index >= 15 is 0 Å². The predicted molar refractivity (Wildman–Crippen MR) is 67.3 cm³/mol. The van der Waals surface area contributed by atoms with Gasteiger partial charge in [-0.2, -0.15) is 0 Å². The first-order valence-corrected chi connectivity index (χ1v) is 5.80. The van der Waals surface area contributed by atoms with E-state index in [9.17, 15) is 0 Å². The first-order valence-electron chi connectivity index (χ1n) is 5.80. The highest BCUT2D eigenvalue weighted by Gasteiger charge is 2.03. The lowest BCUT2D eigenvalue weighted by Crippen LogP contribution is -2.19. The molecular weight excluding hydrogens is 218 g/mol. The molecular formula is C13H21NO3. The van der Waals surface area contributed by atoms with E-state index in [1.807, 2.05) is 12.1 Å². The van der Waals surface area contributed by atoms with Crippen LogP contribution in [-0.4, -0.2) is 38.6 Å². The highest BCUT2D eigenvalue weighted by Crippen LogP contribution is 2.19. The fourth-order valence-electron chi connectivity index (χ4n) is 1.54. The maximum atomic E-state index is 8.76. The summed E-state index contributed by atoms with van der Waals surface area (Å²) in [6.45, 7) is 4.65. The van der Waals surface area contributed by atoms with Gasteiger partial charge in [-0.1, -0.05) is 17.7 Å². The highest BCUT2D eigenvalue weighted by molar-refractivity contribution is 5.36. The van der Waals surface area contributed by atoms with E-state index in [1.165, 1.54) is 5.56 Å². The zero-order valence-corrected chi connectivity index (χ0v) is 10.5. The van der Waals surface area contributed by atoms with Crippen molar-refractivity contribution in [2.45, 2.75) is 13.5 Å². The molecule has 0 heterocycles. The van der Waals surface area contributed by atoms with Crippen LogP contribution in [0.5, 0.6) is 5.75 Å². The monoisotopic (exact) mass is 239 g/mol.